The topological polar surface area (TPSA) is 70.1 Å². The Bertz CT molecular complexity index is 499. The van der Waals surface area contributed by atoms with Crippen molar-refractivity contribution in [2.75, 3.05) is 5.43 Å². The molecule has 6 heteroatoms. The van der Waals surface area contributed by atoms with Crippen molar-refractivity contribution >= 4 is 23.0 Å². The van der Waals surface area contributed by atoms with Gasteiger partial charge in [0.1, 0.15) is 10.7 Å². The molecule has 1 aromatic rings. The molecule has 1 fully saturated rings. The molecule has 18 heavy (non-hydrogen) atoms. The SMILES string of the molecule is C[C@@H]1CCC[C@H](C)C1=NNc1cn[nH]c(=O)c1Cl. The first-order valence-electron chi connectivity index (χ1n) is 6.16. The van der Waals surface area contributed by atoms with Crippen molar-refractivity contribution in [3.63, 3.8) is 0 Å². The van der Waals surface area contributed by atoms with E-state index in [1.54, 1.807) is 0 Å². The Morgan fingerprint density at radius 2 is 2.11 bits per heavy atom. The number of hydrogen-bond donors (Lipinski definition) is 2. The number of rotatable bonds is 2. The summed E-state index contributed by atoms with van der Waals surface area (Å²) >= 11 is 5.87. The highest BCUT2D eigenvalue weighted by Crippen LogP contribution is 2.26. The van der Waals surface area contributed by atoms with Crippen molar-refractivity contribution < 1.29 is 0 Å². The summed E-state index contributed by atoms with van der Waals surface area (Å²) in [7, 11) is 0. The minimum absolute atomic E-state index is 0.0884. The van der Waals surface area contributed by atoms with Crippen LogP contribution in [0.3, 0.4) is 0 Å². The van der Waals surface area contributed by atoms with Crippen LogP contribution in [0.2, 0.25) is 5.02 Å². The van der Waals surface area contributed by atoms with Crippen LogP contribution in [0.4, 0.5) is 5.69 Å². The molecule has 2 rings (SSSR count). The van der Waals surface area contributed by atoms with Crippen LogP contribution in [-0.2, 0) is 0 Å². The molecule has 98 valence electrons. The van der Waals surface area contributed by atoms with Crippen molar-refractivity contribution in [1.82, 2.24) is 10.2 Å². The first-order valence-corrected chi connectivity index (χ1v) is 6.54. The summed E-state index contributed by atoms with van der Waals surface area (Å²) in [6.45, 7) is 4.35. The Balaban J connectivity index is 2.19. The Hall–Kier alpha value is -1.36. The molecule has 0 aliphatic heterocycles. The van der Waals surface area contributed by atoms with E-state index >= 15 is 0 Å². The molecule has 0 unspecified atom stereocenters. The third kappa shape index (κ3) is 2.72. The molecule has 0 aromatic carbocycles. The average Bonchev–Trinajstić information content (AvgIpc) is 2.33. The van der Waals surface area contributed by atoms with E-state index in [4.69, 9.17) is 11.6 Å². The number of hydrogen-bond acceptors (Lipinski definition) is 4. The third-order valence-electron chi connectivity index (χ3n) is 3.39. The number of nitrogens with zero attached hydrogens (tertiary/aromatic N) is 2. The molecule has 1 aliphatic carbocycles. The van der Waals surface area contributed by atoms with Crippen LogP contribution < -0.4 is 11.0 Å². The van der Waals surface area contributed by atoms with Gasteiger partial charge in [-0.3, -0.25) is 10.2 Å². The number of anilines is 1. The number of aromatic nitrogens is 2. The zero-order chi connectivity index (χ0) is 13.1. The van der Waals surface area contributed by atoms with Gasteiger partial charge in [0.25, 0.3) is 5.56 Å². The Kier molecular flexibility index (Phi) is 4.01. The molecule has 1 aliphatic rings. The highest BCUT2D eigenvalue weighted by molar-refractivity contribution is 6.32. The van der Waals surface area contributed by atoms with Gasteiger partial charge < -0.3 is 0 Å². The van der Waals surface area contributed by atoms with Crippen molar-refractivity contribution in [2.24, 2.45) is 16.9 Å². The summed E-state index contributed by atoms with van der Waals surface area (Å²) in [6, 6.07) is 0. The van der Waals surface area contributed by atoms with E-state index in [1.807, 2.05) is 0 Å². The van der Waals surface area contributed by atoms with Crippen LogP contribution in [0.15, 0.2) is 16.1 Å². The maximum absolute atomic E-state index is 11.3. The fraction of sp³-hybridized carbons (Fsp3) is 0.583. The van der Waals surface area contributed by atoms with Gasteiger partial charge >= 0.3 is 0 Å². The molecule has 5 nitrogen and oxygen atoms in total. The molecule has 0 bridgehead atoms. The van der Waals surface area contributed by atoms with Crippen LogP contribution >= 0.6 is 11.6 Å². The highest BCUT2D eigenvalue weighted by atomic mass is 35.5. The number of halogens is 1. The second-order valence-electron chi connectivity index (χ2n) is 4.81. The number of nitrogens with one attached hydrogen (secondary N) is 2. The van der Waals surface area contributed by atoms with Crippen molar-refractivity contribution in [3.8, 4) is 0 Å². The molecular weight excluding hydrogens is 252 g/mol. The summed E-state index contributed by atoms with van der Waals surface area (Å²) in [5.41, 5.74) is 4.03. The molecule has 1 aromatic heterocycles. The third-order valence-corrected chi connectivity index (χ3v) is 3.76. The van der Waals surface area contributed by atoms with E-state index in [0.29, 0.717) is 17.5 Å². The standard InChI is InChI=1S/C12H17ClN4O/c1-7-4-3-5-8(2)11(7)16-15-9-6-14-17-12(18)10(9)13/h6-8H,3-5H2,1-2H3,(H2,15,17,18)/t7-,8+. The van der Waals surface area contributed by atoms with Gasteiger partial charge in [-0.15, -0.1) is 0 Å². The van der Waals surface area contributed by atoms with E-state index < -0.39 is 5.56 Å². The van der Waals surface area contributed by atoms with E-state index in [1.165, 1.54) is 12.6 Å². The van der Waals surface area contributed by atoms with Crippen LogP contribution in [0.5, 0.6) is 0 Å². The smallest absolute Gasteiger partial charge is 0.275 e. The lowest BCUT2D eigenvalue weighted by Gasteiger charge is -2.26. The fourth-order valence-electron chi connectivity index (χ4n) is 2.32. The molecule has 0 saturated heterocycles. The first kappa shape index (κ1) is 13.1. The minimum Gasteiger partial charge on any atom is -0.275 e. The molecule has 2 atom stereocenters. The number of aromatic amines is 1. The monoisotopic (exact) mass is 268 g/mol. The van der Waals surface area contributed by atoms with E-state index in [9.17, 15) is 4.79 Å². The molecule has 2 N–H and O–H groups in total. The van der Waals surface area contributed by atoms with Crippen LogP contribution in [0.1, 0.15) is 33.1 Å². The van der Waals surface area contributed by atoms with Gasteiger partial charge in [-0.25, -0.2) is 5.10 Å². The Morgan fingerprint density at radius 1 is 1.44 bits per heavy atom. The van der Waals surface area contributed by atoms with Crippen LogP contribution in [0.25, 0.3) is 0 Å². The minimum atomic E-state index is -0.411. The lowest BCUT2D eigenvalue weighted by atomic mass is 9.81. The van der Waals surface area contributed by atoms with E-state index in [-0.39, 0.29) is 5.02 Å². The summed E-state index contributed by atoms with van der Waals surface area (Å²) in [5.74, 6) is 0.935. The van der Waals surface area contributed by atoms with Crippen molar-refractivity contribution in [2.45, 2.75) is 33.1 Å². The summed E-state index contributed by atoms with van der Waals surface area (Å²) in [4.78, 5) is 11.3. The first-order chi connectivity index (χ1) is 8.59. The van der Waals surface area contributed by atoms with E-state index in [2.05, 4.69) is 34.6 Å². The molecule has 0 radical (unpaired) electrons. The van der Waals surface area contributed by atoms with Crippen LogP contribution in [-0.4, -0.2) is 15.9 Å². The molecule has 1 heterocycles. The van der Waals surface area contributed by atoms with Gasteiger partial charge in [0, 0.05) is 5.71 Å². The van der Waals surface area contributed by atoms with Gasteiger partial charge in [-0.05, 0) is 24.7 Å². The van der Waals surface area contributed by atoms with Crippen LogP contribution in [0, 0.1) is 11.8 Å². The lowest BCUT2D eigenvalue weighted by molar-refractivity contribution is 0.486. The Labute approximate surface area is 111 Å². The summed E-state index contributed by atoms with van der Waals surface area (Å²) < 4.78 is 0. The number of hydrazone groups is 1. The highest BCUT2D eigenvalue weighted by Gasteiger charge is 2.22. The van der Waals surface area contributed by atoms with E-state index in [0.717, 1.165) is 18.6 Å². The maximum atomic E-state index is 11.3. The quantitative estimate of drug-likeness (QED) is 0.810. The second kappa shape index (κ2) is 5.52. The normalized spacial score (nSPS) is 26.3. The molecular formula is C12H17ClN4O. The fourth-order valence-corrected chi connectivity index (χ4v) is 2.45. The molecule has 1 saturated carbocycles. The lowest BCUT2D eigenvalue weighted by Crippen LogP contribution is -2.26. The molecule has 0 amide bonds. The van der Waals surface area contributed by atoms with Gasteiger partial charge in [-0.2, -0.15) is 10.2 Å². The second-order valence-corrected chi connectivity index (χ2v) is 5.19. The molecule has 0 spiro atoms. The average molecular weight is 269 g/mol. The largest absolute Gasteiger partial charge is 0.285 e. The Morgan fingerprint density at radius 3 is 2.78 bits per heavy atom. The van der Waals surface area contributed by atoms with Gasteiger partial charge in [0.2, 0.25) is 0 Å². The maximum Gasteiger partial charge on any atom is 0.285 e. The van der Waals surface area contributed by atoms with Crippen molar-refractivity contribution in [3.05, 3.63) is 21.6 Å². The zero-order valence-corrected chi connectivity index (χ0v) is 11.3. The van der Waals surface area contributed by atoms with Gasteiger partial charge in [-0.1, -0.05) is 31.9 Å². The summed E-state index contributed by atoms with van der Waals surface area (Å²) in [6.07, 6.45) is 5.03. The van der Waals surface area contributed by atoms with Gasteiger partial charge in [0.05, 0.1) is 6.20 Å². The zero-order valence-electron chi connectivity index (χ0n) is 10.5. The predicted octanol–water partition coefficient (Wildman–Crippen LogP) is 2.65. The van der Waals surface area contributed by atoms with Crippen molar-refractivity contribution in [1.29, 1.82) is 0 Å². The summed E-state index contributed by atoms with van der Waals surface area (Å²) in [5, 5.41) is 10.5. The number of H-pyrrole nitrogens is 1. The predicted molar refractivity (Wildman–Crippen MR) is 73.1 cm³/mol. The van der Waals surface area contributed by atoms with Gasteiger partial charge in [0.15, 0.2) is 0 Å².